The molecule has 1 unspecified atom stereocenters. The van der Waals surface area contributed by atoms with Crippen LogP contribution in [0.15, 0.2) is 48.5 Å². The highest BCUT2D eigenvalue weighted by molar-refractivity contribution is 6.06. The van der Waals surface area contributed by atoms with Gasteiger partial charge in [0.15, 0.2) is 11.4 Å². The molecule has 2 heterocycles. The maximum atomic E-state index is 13.1. The Kier molecular flexibility index (Phi) is 6.22. The average Bonchev–Trinajstić information content (AvgIpc) is 2.79. The minimum atomic E-state index is -0.750. The van der Waals surface area contributed by atoms with Crippen molar-refractivity contribution in [2.45, 2.75) is 19.6 Å². The molecule has 0 saturated carbocycles. The van der Waals surface area contributed by atoms with Crippen LogP contribution < -0.4 is 14.8 Å². The number of nitrogens with one attached hydrogen (secondary N) is 1. The van der Waals surface area contributed by atoms with E-state index in [0.717, 1.165) is 0 Å². The summed E-state index contributed by atoms with van der Waals surface area (Å²) in [6, 6.07) is 14.3. The second-order valence-electron chi connectivity index (χ2n) is 7.04. The molecule has 1 aliphatic heterocycles. The van der Waals surface area contributed by atoms with Gasteiger partial charge in [0, 0.05) is 30.8 Å². The van der Waals surface area contributed by atoms with E-state index in [1.807, 2.05) is 30.3 Å². The summed E-state index contributed by atoms with van der Waals surface area (Å²) in [5, 5.41) is 14.0. The number of pyridine rings is 1. The number of benzene rings is 2. The average molecular weight is 422 g/mol. The summed E-state index contributed by atoms with van der Waals surface area (Å²) in [4.78, 5) is 29.2. The molecule has 0 bridgehead atoms. The van der Waals surface area contributed by atoms with Crippen LogP contribution in [0.4, 0.5) is 0 Å². The number of hydrogen-bond donors (Lipinski definition) is 2. The van der Waals surface area contributed by atoms with Crippen LogP contribution in [0, 0.1) is 0 Å². The minimum absolute atomic E-state index is 0.0443. The molecule has 160 valence electrons. The molecule has 1 aromatic heterocycles. The number of para-hydroxylation sites is 1. The van der Waals surface area contributed by atoms with Crippen LogP contribution in [-0.4, -0.2) is 47.6 Å². The highest BCUT2D eigenvalue weighted by Gasteiger charge is 2.30. The lowest BCUT2D eigenvalue weighted by molar-refractivity contribution is -0.131. The molecule has 31 heavy (non-hydrogen) atoms. The van der Waals surface area contributed by atoms with Crippen molar-refractivity contribution in [3.63, 3.8) is 0 Å². The Labute approximate surface area is 178 Å². The fraction of sp³-hybridized carbons (Fsp3) is 0.261. The molecule has 8 nitrogen and oxygen atoms in total. The lowest BCUT2D eigenvalue weighted by Gasteiger charge is -2.23. The number of ether oxygens (including phenoxy) is 3. The summed E-state index contributed by atoms with van der Waals surface area (Å²) in [6.45, 7) is 2.22. The van der Waals surface area contributed by atoms with Crippen LogP contribution in [0.2, 0.25) is 0 Å². The number of aromatic nitrogens is 1. The predicted octanol–water partition coefficient (Wildman–Crippen LogP) is 2.62. The van der Waals surface area contributed by atoms with Gasteiger partial charge in [-0.15, -0.1) is 0 Å². The van der Waals surface area contributed by atoms with E-state index in [4.69, 9.17) is 14.2 Å². The lowest BCUT2D eigenvalue weighted by atomic mass is 10.0. The first-order valence-corrected chi connectivity index (χ1v) is 9.92. The molecular weight excluding hydrogens is 400 g/mol. The topological polar surface area (TPSA) is 107 Å². The zero-order valence-corrected chi connectivity index (χ0v) is 17.0. The zero-order chi connectivity index (χ0) is 21.8. The predicted molar refractivity (Wildman–Crippen MR) is 112 cm³/mol. The zero-order valence-electron chi connectivity index (χ0n) is 17.0. The van der Waals surface area contributed by atoms with Gasteiger partial charge in [-0.25, -0.2) is 4.98 Å². The summed E-state index contributed by atoms with van der Waals surface area (Å²) in [7, 11) is 0. The Morgan fingerprint density at radius 1 is 1.16 bits per heavy atom. The van der Waals surface area contributed by atoms with Gasteiger partial charge in [0.05, 0.1) is 18.9 Å². The van der Waals surface area contributed by atoms with Crippen molar-refractivity contribution in [3.05, 3.63) is 59.9 Å². The second kappa shape index (κ2) is 9.22. The van der Waals surface area contributed by atoms with E-state index in [-0.39, 0.29) is 17.1 Å². The Bertz CT molecular complexity index is 1110. The van der Waals surface area contributed by atoms with E-state index in [9.17, 15) is 14.7 Å². The molecule has 0 spiro atoms. The van der Waals surface area contributed by atoms with Crippen molar-refractivity contribution < 1.29 is 28.9 Å². The summed E-state index contributed by atoms with van der Waals surface area (Å²) < 4.78 is 16.8. The van der Waals surface area contributed by atoms with Crippen molar-refractivity contribution in [3.8, 4) is 17.2 Å². The number of carbonyl (C=O) groups is 2. The van der Waals surface area contributed by atoms with Gasteiger partial charge in [-0.2, -0.15) is 0 Å². The number of aliphatic hydroxyl groups is 1. The smallest absolute Gasteiger partial charge is 0.308 e. The summed E-state index contributed by atoms with van der Waals surface area (Å²) in [5.41, 5.74) is 0.230. The molecule has 0 amide bonds. The third kappa shape index (κ3) is 4.56. The van der Waals surface area contributed by atoms with Gasteiger partial charge in [0.25, 0.3) is 0 Å². The first kappa shape index (κ1) is 20.9. The molecule has 3 aromatic rings. The van der Waals surface area contributed by atoms with Gasteiger partial charge in [-0.1, -0.05) is 18.2 Å². The van der Waals surface area contributed by atoms with Crippen LogP contribution >= 0.6 is 0 Å². The number of Topliss-reactive ketones (excluding diaryl/α,β-unsaturated/α-hetero) is 1. The van der Waals surface area contributed by atoms with Gasteiger partial charge in [-0.05, 0) is 30.3 Å². The van der Waals surface area contributed by atoms with Crippen LogP contribution in [0.5, 0.6) is 17.2 Å². The van der Waals surface area contributed by atoms with Crippen LogP contribution in [0.1, 0.15) is 23.1 Å². The molecule has 1 aliphatic rings. The van der Waals surface area contributed by atoms with Gasteiger partial charge < -0.3 is 24.6 Å². The number of hydrogen-bond acceptors (Lipinski definition) is 8. The summed E-state index contributed by atoms with van der Waals surface area (Å²) in [6.07, 6.45) is -0.750. The van der Waals surface area contributed by atoms with Crippen LogP contribution in [0.25, 0.3) is 10.8 Å². The molecule has 2 N–H and O–H groups in total. The third-order valence-corrected chi connectivity index (χ3v) is 4.84. The summed E-state index contributed by atoms with van der Waals surface area (Å²) in [5.74, 6) is 0.216. The van der Waals surface area contributed by atoms with E-state index in [2.05, 4.69) is 10.3 Å². The normalized spacial score (nSPS) is 16.1. The van der Waals surface area contributed by atoms with Crippen molar-refractivity contribution in [2.24, 2.45) is 0 Å². The first-order chi connectivity index (χ1) is 15.1. The number of esters is 1. The van der Waals surface area contributed by atoms with Crippen molar-refractivity contribution >= 4 is 22.5 Å². The number of rotatable bonds is 6. The van der Waals surface area contributed by atoms with Crippen LogP contribution in [-0.2, 0) is 16.1 Å². The van der Waals surface area contributed by atoms with E-state index >= 15 is 0 Å². The standard InChI is InChI=1S/C23H22N2O6/c1-14(27)30-23-17-8-7-16(31-15-5-3-2-4-6-15)11-18(17)19(13-26)25-21(23)22(28)20-12-24-9-10-29-20/h2-8,11,20,24,26H,9-10,12-13H2,1H3. The van der Waals surface area contributed by atoms with Gasteiger partial charge in [0.2, 0.25) is 5.78 Å². The highest BCUT2D eigenvalue weighted by atomic mass is 16.5. The van der Waals surface area contributed by atoms with E-state index in [0.29, 0.717) is 42.0 Å². The summed E-state index contributed by atoms with van der Waals surface area (Å²) >= 11 is 0. The van der Waals surface area contributed by atoms with Crippen molar-refractivity contribution in [1.82, 2.24) is 10.3 Å². The van der Waals surface area contributed by atoms with E-state index < -0.39 is 24.5 Å². The van der Waals surface area contributed by atoms with E-state index in [1.165, 1.54) is 6.92 Å². The molecule has 2 aromatic carbocycles. The Balaban J connectivity index is 1.81. The molecule has 8 heteroatoms. The molecule has 1 atom stereocenters. The Morgan fingerprint density at radius 2 is 1.97 bits per heavy atom. The lowest BCUT2D eigenvalue weighted by Crippen LogP contribution is -2.43. The molecule has 0 aliphatic carbocycles. The number of morpholine rings is 1. The first-order valence-electron chi connectivity index (χ1n) is 9.92. The third-order valence-electron chi connectivity index (χ3n) is 4.84. The highest BCUT2D eigenvalue weighted by Crippen LogP contribution is 2.35. The van der Waals surface area contributed by atoms with Crippen molar-refractivity contribution in [1.29, 1.82) is 0 Å². The second-order valence-corrected chi connectivity index (χ2v) is 7.04. The number of carbonyl (C=O) groups excluding carboxylic acids is 2. The van der Waals surface area contributed by atoms with Crippen molar-refractivity contribution in [2.75, 3.05) is 19.7 Å². The number of aliphatic hydroxyl groups excluding tert-OH is 1. The number of nitrogens with zero attached hydrogens (tertiary/aromatic N) is 1. The quantitative estimate of drug-likeness (QED) is 0.461. The fourth-order valence-electron chi connectivity index (χ4n) is 3.44. The minimum Gasteiger partial charge on any atom is -0.457 e. The molecule has 1 fully saturated rings. The number of ketones is 1. The van der Waals surface area contributed by atoms with E-state index in [1.54, 1.807) is 18.2 Å². The molecule has 4 rings (SSSR count). The molecule has 0 radical (unpaired) electrons. The maximum absolute atomic E-state index is 13.1. The fourth-order valence-corrected chi connectivity index (χ4v) is 3.44. The SMILES string of the molecule is CC(=O)Oc1c(C(=O)C2CNCCO2)nc(CO)c2cc(Oc3ccccc3)ccc12. The Hall–Kier alpha value is -3.33. The Morgan fingerprint density at radius 3 is 2.65 bits per heavy atom. The molecule has 1 saturated heterocycles. The van der Waals surface area contributed by atoms with Crippen LogP contribution in [0.3, 0.4) is 0 Å². The maximum Gasteiger partial charge on any atom is 0.308 e. The monoisotopic (exact) mass is 422 g/mol. The van der Waals surface area contributed by atoms with Gasteiger partial charge in [0.1, 0.15) is 17.6 Å². The number of fused-ring (bicyclic) bond motifs is 1. The van der Waals surface area contributed by atoms with Gasteiger partial charge >= 0.3 is 5.97 Å². The molecular formula is C23H22N2O6. The largest absolute Gasteiger partial charge is 0.457 e. The van der Waals surface area contributed by atoms with Gasteiger partial charge in [-0.3, -0.25) is 9.59 Å².